The largest absolute Gasteiger partial charge is 0.493 e. The van der Waals surface area contributed by atoms with Crippen molar-refractivity contribution in [2.24, 2.45) is 0 Å². The van der Waals surface area contributed by atoms with E-state index in [-0.39, 0.29) is 5.91 Å². The number of thiazole rings is 1. The van der Waals surface area contributed by atoms with Gasteiger partial charge in [0.1, 0.15) is 10.8 Å². The van der Waals surface area contributed by atoms with Crippen molar-refractivity contribution in [2.45, 2.75) is 6.92 Å². The summed E-state index contributed by atoms with van der Waals surface area (Å²) < 4.78 is 6.68. The average Bonchev–Trinajstić information content (AvgIpc) is 3.14. The van der Waals surface area contributed by atoms with Gasteiger partial charge in [0.05, 0.1) is 22.4 Å². The smallest absolute Gasteiger partial charge is 0.259 e. The van der Waals surface area contributed by atoms with Crippen LogP contribution < -0.4 is 10.1 Å². The Bertz CT molecular complexity index is 1110. The summed E-state index contributed by atoms with van der Waals surface area (Å²) >= 11 is 7.69. The van der Waals surface area contributed by atoms with E-state index in [0.29, 0.717) is 28.6 Å². The van der Waals surface area contributed by atoms with Gasteiger partial charge in [-0.05, 0) is 61.5 Å². The van der Waals surface area contributed by atoms with Crippen LogP contribution in [-0.4, -0.2) is 17.5 Å². The summed E-state index contributed by atoms with van der Waals surface area (Å²) in [6.07, 6.45) is 0. The number of ether oxygens (including phenoxy) is 1. The first-order valence-corrected chi connectivity index (χ1v) is 10.0. The minimum Gasteiger partial charge on any atom is -0.493 e. The van der Waals surface area contributed by atoms with Gasteiger partial charge in [-0.15, -0.1) is 11.3 Å². The standard InChI is InChI=1S/C22H17ClN2O2S/c1-2-27-19-12-9-15(23)13-17(19)21(26)24-16-10-7-14(8-11-16)22-25-18-5-3-4-6-20(18)28-22/h3-13H,2H2,1H3,(H,24,26). The normalized spacial score (nSPS) is 10.8. The van der Waals surface area contributed by atoms with Crippen molar-refractivity contribution in [2.75, 3.05) is 11.9 Å². The van der Waals surface area contributed by atoms with E-state index in [1.807, 2.05) is 49.4 Å². The number of benzene rings is 3. The molecule has 4 nitrogen and oxygen atoms in total. The molecule has 140 valence electrons. The van der Waals surface area contributed by atoms with E-state index in [4.69, 9.17) is 16.3 Å². The molecule has 0 saturated heterocycles. The molecule has 1 N–H and O–H groups in total. The summed E-state index contributed by atoms with van der Waals surface area (Å²) in [5, 5.41) is 4.33. The summed E-state index contributed by atoms with van der Waals surface area (Å²) in [6, 6.07) is 20.7. The van der Waals surface area contributed by atoms with E-state index in [0.717, 1.165) is 20.8 Å². The fourth-order valence-electron chi connectivity index (χ4n) is 2.85. The Hall–Kier alpha value is -2.89. The topological polar surface area (TPSA) is 51.2 Å². The SMILES string of the molecule is CCOc1ccc(Cl)cc1C(=O)Nc1ccc(-c2nc3ccccc3s2)cc1. The van der Waals surface area contributed by atoms with Crippen molar-refractivity contribution in [3.05, 3.63) is 77.3 Å². The van der Waals surface area contributed by atoms with Gasteiger partial charge in [0.15, 0.2) is 0 Å². The maximum atomic E-state index is 12.7. The van der Waals surface area contributed by atoms with Crippen LogP contribution in [0.4, 0.5) is 5.69 Å². The number of nitrogens with one attached hydrogen (secondary N) is 1. The fourth-order valence-corrected chi connectivity index (χ4v) is 3.99. The Labute approximate surface area is 171 Å². The molecule has 0 spiro atoms. The third-order valence-corrected chi connectivity index (χ3v) is 5.49. The van der Waals surface area contributed by atoms with Crippen molar-refractivity contribution in [1.29, 1.82) is 0 Å². The summed E-state index contributed by atoms with van der Waals surface area (Å²) in [5.41, 5.74) is 3.10. The third-order valence-electron chi connectivity index (χ3n) is 4.17. The van der Waals surface area contributed by atoms with Crippen LogP contribution in [0.5, 0.6) is 5.75 Å². The summed E-state index contributed by atoms with van der Waals surface area (Å²) in [7, 11) is 0. The Morgan fingerprint density at radius 3 is 2.64 bits per heavy atom. The van der Waals surface area contributed by atoms with Crippen molar-refractivity contribution in [3.63, 3.8) is 0 Å². The fraction of sp³-hybridized carbons (Fsp3) is 0.0909. The molecule has 0 aliphatic rings. The second kappa shape index (κ2) is 8.00. The molecule has 1 aromatic heterocycles. The van der Waals surface area contributed by atoms with Gasteiger partial charge in [0.25, 0.3) is 5.91 Å². The molecule has 4 rings (SSSR count). The van der Waals surface area contributed by atoms with E-state index < -0.39 is 0 Å². The Kier molecular flexibility index (Phi) is 5.28. The number of hydrogen-bond donors (Lipinski definition) is 1. The number of hydrogen-bond acceptors (Lipinski definition) is 4. The Balaban J connectivity index is 1.55. The molecule has 0 fully saturated rings. The zero-order valence-electron chi connectivity index (χ0n) is 15.1. The zero-order chi connectivity index (χ0) is 19.5. The lowest BCUT2D eigenvalue weighted by Crippen LogP contribution is -2.13. The number of anilines is 1. The molecule has 0 saturated carbocycles. The molecule has 3 aromatic carbocycles. The number of carbonyl (C=O) groups is 1. The zero-order valence-corrected chi connectivity index (χ0v) is 16.7. The number of nitrogens with zero attached hydrogens (tertiary/aromatic N) is 1. The number of fused-ring (bicyclic) bond motifs is 1. The molecule has 28 heavy (non-hydrogen) atoms. The van der Waals surface area contributed by atoms with E-state index in [9.17, 15) is 4.79 Å². The average molecular weight is 409 g/mol. The lowest BCUT2D eigenvalue weighted by Gasteiger charge is -2.11. The van der Waals surface area contributed by atoms with Gasteiger partial charge in [-0.1, -0.05) is 23.7 Å². The molecule has 0 aliphatic heterocycles. The molecule has 0 radical (unpaired) electrons. The van der Waals surface area contributed by atoms with Crippen molar-refractivity contribution in [1.82, 2.24) is 4.98 Å². The van der Waals surface area contributed by atoms with Crippen LogP contribution in [0.15, 0.2) is 66.7 Å². The summed E-state index contributed by atoms with van der Waals surface area (Å²) in [5.74, 6) is 0.245. The monoisotopic (exact) mass is 408 g/mol. The molecule has 4 aromatic rings. The first-order chi connectivity index (χ1) is 13.6. The molecule has 0 bridgehead atoms. The third kappa shape index (κ3) is 3.86. The van der Waals surface area contributed by atoms with Crippen LogP contribution in [0.2, 0.25) is 5.02 Å². The van der Waals surface area contributed by atoms with Gasteiger partial charge >= 0.3 is 0 Å². The lowest BCUT2D eigenvalue weighted by molar-refractivity contribution is 0.102. The molecule has 6 heteroatoms. The minimum atomic E-state index is -0.265. The first kappa shape index (κ1) is 18.5. The predicted octanol–water partition coefficient (Wildman–Crippen LogP) is 6.27. The number of aromatic nitrogens is 1. The highest BCUT2D eigenvalue weighted by Crippen LogP contribution is 2.31. The van der Waals surface area contributed by atoms with E-state index in [2.05, 4.69) is 16.4 Å². The van der Waals surface area contributed by atoms with Crippen molar-refractivity contribution in [3.8, 4) is 16.3 Å². The summed E-state index contributed by atoms with van der Waals surface area (Å²) in [4.78, 5) is 17.3. The highest BCUT2D eigenvalue weighted by atomic mass is 35.5. The highest BCUT2D eigenvalue weighted by Gasteiger charge is 2.14. The van der Waals surface area contributed by atoms with Crippen molar-refractivity contribution >= 4 is 44.7 Å². The van der Waals surface area contributed by atoms with E-state index >= 15 is 0 Å². The quantitative estimate of drug-likeness (QED) is 0.423. The van der Waals surface area contributed by atoms with Crippen LogP contribution in [0.3, 0.4) is 0 Å². The molecule has 0 unspecified atom stereocenters. The lowest BCUT2D eigenvalue weighted by atomic mass is 10.1. The Morgan fingerprint density at radius 2 is 1.89 bits per heavy atom. The van der Waals surface area contributed by atoms with Gasteiger partial charge in [0.2, 0.25) is 0 Å². The van der Waals surface area contributed by atoms with Crippen LogP contribution in [0, 0.1) is 0 Å². The van der Waals surface area contributed by atoms with Gasteiger partial charge in [-0.2, -0.15) is 0 Å². The van der Waals surface area contributed by atoms with Crippen molar-refractivity contribution < 1.29 is 9.53 Å². The van der Waals surface area contributed by atoms with Crippen LogP contribution in [-0.2, 0) is 0 Å². The number of carbonyl (C=O) groups excluding carboxylic acids is 1. The maximum Gasteiger partial charge on any atom is 0.259 e. The molecule has 1 heterocycles. The number of amides is 1. The second-order valence-corrected chi connectivity index (χ2v) is 7.56. The van der Waals surface area contributed by atoms with Crippen LogP contribution in [0.25, 0.3) is 20.8 Å². The maximum absolute atomic E-state index is 12.7. The van der Waals surface area contributed by atoms with Crippen LogP contribution in [0.1, 0.15) is 17.3 Å². The molecule has 0 atom stereocenters. The molecular weight excluding hydrogens is 392 g/mol. The van der Waals surface area contributed by atoms with Crippen LogP contribution >= 0.6 is 22.9 Å². The number of halogens is 1. The van der Waals surface area contributed by atoms with Gasteiger partial charge < -0.3 is 10.1 Å². The minimum absolute atomic E-state index is 0.265. The molecule has 0 aliphatic carbocycles. The van der Waals surface area contributed by atoms with Gasteiger partial charge in [-0.25, -0.2) is 4.98 Å². The molecular formula is C22H17ClN2O2S. The highest BCUT2D eigenvalue weighted by molar-refractivity contribution is 7.21. The van der Waals surface area contributed by atoms with E-state index in [1.165, 1.54) is 0 Å². The number of para-hydroxylation sites is 1. The number of rotatable bonds is 5. The summed E-state index contributed by atoms with van der Waals surface area (Å²) in [6.45, 7) is 2.34. The predicted molar refractivity (Wildman–Crippen MR) is 116 cm³/mol. The second-order valence-electron chi connectivity index (χ2n) is 6.09. The van der Waals surface area contributed by atoms with Gasteiger partial charge in [-0.3, -0.25) is 4.79 Å². The first-order valence-electron chi connectivity index (χ1n) is 8.84. The van der Waals surface area contributed by atoms with Gasteiger partial charge in [0, 0.05) is 16.3 Å². The Morgan fingerprint density at radius 1 is 1.11 bits per heavy atom. The van der Waals surface area contributed by atoms with E-state index in [1.54, 1.807) is 29.5 Å². The molecule has 1 amide bonds.